The third-order valence-electron chi connectivity index (χ3n) is 3.15. The lowest BCUT2D eigenvalue weighted by Gasteiger charge is -2.25. The van der Waals surface area contributed by atoms with E-state index in [0.717, 1.165) is 0 Å². The molecule has 4 nitrogen and oxygen atoms in total. The fraction of sp³-hybridized carbons (Fsp3) is 0.556. The minimum absolute atomic E-state index is 0.150. The molecular weight excluding hydrogens is 172 g/mol. The summed E-state index contributed by atoms with van der Waals surface area (Å²) in [6.45, 7) is 0. The second-order valence-corrected chi connectivity index (χ2v) is 3.77. The lowest BCUT2D eigenvalue weighted by atomic mass is 9.76. The van der Waals surface area contributed by atoms with Gasteiger partial charge in [-0.2, -0.15) is 0 Å². The summed E-state index contributed by atoms with van der Waals surface area (Å²) in [5.41, 5.74) is -1.54. The summed E-state index contributed by atoms with van der Waals surface area (Å²) in [6.07, 6.45) is 4.59. The van der Waals surface area contributed by atoms with Crippen LogP contribution in [0.5, 0.6) is 0 Å². The molecule has 0 amide bonds. The van der Waals surface area contributed by atoms with Gasteiger partial charge >= 0.3 is 11.9 Å². The molecule has 1 saturated carbocycles. The average Bonchev–Trinajstić information content (AvgIpc) is 2.61. The van der Waals surface area contributed by atoms with Crippen LogP contribution in [0.25, 0.3) is 0 Å². The minimum atomic E-state index is -1.54. The largest absolute Gasteiger partial charge is 0.480 e. The predicted octanol–water partition coefficient (Wildman–Crippen LogP) is 0.738. The first-order valence-corrected chi connectivity index (χ1v) is 4.22. The van der Waals surface area contributed by atoms with Crippen molar-refractivity contribution in [3.8, 4) is 0 Å². The number of aliphatic carboxylic acids is 2. The van der Waals surface area contributed by atoms with Gasteiger partial charge in [-0.25, -0.2) is 0 Å². The van der Waals surface area contributed by atoms with E-state index in [1.54, 1.807) is 6.08 Å². The smallest absolute Gasteiger partial charge is 0.321 e. The van der Waals surface area contributed by atoms with E-state index in [-0.39, 0.29) is 18.3 Å². The van der Waals surface area contributed by atoms with Crippen LogP contribution in [0, 0.1) is 17.3 Å². The SMILES string of the molecule is O=C(O)C1(C(=O)O)CC2C=CC1C2. The quantitative estimate of drug-likeness (QED) is 0.488. The lowest BCUT2D eigenvalue weighted by Crippen LogP contribution is -2.42. The van der Waals surface area contributed by atoms with Crippen LogP contribution in [0.15, 0.2) is 12.2 Å². The Hall–Kier alpha value is -1.32. The fourth-order valence-electron chi connectivity index (χ4n) is 2.44. The molecule has 2 atom stereocenters. The first kappa shape index (κ1) is 8.29. The van der Waals surface area contributed by atoms with Gasteiger partial charge in [0.1, 0.15) is 0 Å². The Kier molecular flexibility index (Phi) is 1.49. The van der Waals surface area contributed by atoms with E-state index in [0.29, 0.717) is 6.42 Å². The van der Waals surface area contributed by atoms with E-state index in [1.165, 1.54) is 0 Å². The number of fused-ring (bicyclic) bond motifs is 2. The van der Waals surface area contributed by atoms with E-state index in [2.05, 4.69) is 0 Å². The first-order chi connectivity index (χ1) is 6.07. The van der Waals surface area contributed by atoms with Gasteiger partial charge in [0.15, 0.2) is 5.41 Å². The molecule has 0 saturated heterocycles. The second kappa shape index (κ2) is 2.34. The van der Waals surface area contributed by atoms with E-state index in [9.17, 15) is 9.59 Å². The minimum Gasteiger partial charge on any atom is -0.480 e. The summed E-state index contributed by atoms with van der Waals surface area (Å²) in [7, 11) is 0. The highest BCUT2D eigenvalue weighted by atomic mass is 16.4. The maximum atomic E-state index is 10.9. The van der Waals surface area contributed by atoms with Crippen molar-refractivity contribution < 1.29 is 19.8 Å². The van der Waals surface area contributed by atoms with Gasteiger partial charge in [0.05, 0.1) is 0 Å². The molecule has 1 fully saturated rings. The van der Waals surface area contributed by atoms with Crippen LogP contribution in [0.1, 0.15) is 12.8 Å². The van der Waals surface area contributed by atoms with Crippen molar-refractivity contribution in [1.82, 2.24) is 0 Å². The summed E-state index contributed by atoms with van der Waals surface area (Å²) >= 11 is 0. The van der Waals surface area contributed by atoms with Crippen molar-refractivity contribution in [3.05, 3.63) is 12.2 Å². The molecule has 2 unspecified atom stereocenters. The number of hydrogen-bond donors (Lipinski definition) is 2. The zero-order chi connectivity index (χ0) is 9.64. The van der Waals surface area contributed by atoms with Crippen LogP contribution in [0.4, 0.5) is 0 Å². The molecule has 2 aliphatic carbocycles. The molecule has 2 aliphatic rings. The fourth-order valence-corrected chi connectivity index (χ4v) is 2.44. The van der Waals surface area contributed by atoms with E-state index < -0.39 is 17.4 Å². The van der Waals surface area contributed by atoms with Crippen LogP contribution < -0.4 is 0 Å². The topological polar surface area (TPSA) is 74.6 Å². The van der Waals surface area contributed by atoms with Crippen molar-refractivity contribution in [2.75, 3.05) is 0 Å². The van der Waals surface area contributed by atoms with Crippen LogP contribution in [-0.2, 0) is 9.59 Å². The van der Waals surface area contributed by atoms with Crippen LogP contribution in [0.2, 0.25) is 0 Å². The van der Waals surface area contributed by atoms with Gasteiger partial charge in [-0.3, -0.25) is 9.59 Å². The molecule has 0 spiro atoms. The van der Waals surface area contributed by atoms with Crippen molar-refractivity contribution in [2.45, 2.75) is 12.8 Å². The van der Waals surface area contributed by atoms with Gasteiger partial charge in [-0.1, -0.05) is 12.2 Å². The average molecular weight is 182 g/mol. The summed E-state index contributed by atoms with van der Waals surface area (Å²) in [4.78, 5) is 21.9. The van der Waals surface area contributed by atoms with E-state index >= 15 is 0 Å². The molecule has 70 valence electrons. The standard InChI is InChI=1S/C9H10O4/c10-7(11)9(8(12)13)4-5-1-2-6(9)3-5/h1-2,5-6H,3-4H2,(H,10,11)(H,12,13). The zero-order valence-corrected chi connectivity index (χ0v) is 6.93. The number of carboxylic acids is 2. The Balaban J connectivity index is 2.42. The predicted molar refractivity (Wildman–Crippen MR) is 43.1 cm³/mol. The molecule has 2 rings (SSSR count). The van der Waals surface area contributed by atoms with Crippen molar-refractivity contribution in [3.63, 3.8) is 0 Å². The maximum absolute atomic E-state index is 10.9. The monoisotopic (exact) mass is 182 g/mol. The number of rotatable bonds is 2. The Morgan fingerprint density at radius 3 is 2.08 bits per heavy atom. The highest BCUT2D eigenvalue weighted by molar-refractivity contribution is 5.99. The van der Waals surface area contributed by atoms with Gasteiger partial charge in [-0.15, -0.1) is 0 Å². The van der Waals surface area contributed by atoms with Gasteiger partial charge in [-0.05, 0) is 18.8 Å². The molecule has 0 aromatic heterocycles. The Morgan fingerprint density at radius 1 is 1.23 bits per heavy atom. The molecular formula is C9H10O4. The molecule has 13 heavy (non-hydrogen) atoms. The molecule has 0 heterocycles. The summed E-state index contributed by atoms with van der Waals surface area (Å²) < 4.78 is 0. The number of hydrogen-bond acceptors (Lipinski definition) is 2. The second-order valence-electron chi connectivity index (χ2n) is 3.77. The molecule has 0 radical (unpaired) electrons. The van der Waals surface area contributed by atoms with Crippen LogP contribution >= 0.6 is 0 Å². The van der Waals surface area contributed by atoms with Gasteiger partial charge in [0.2, 0.25) is 0 Å². The van der Waals surface area contributed by atoms with E-state index in [1.807, 2.05) is 6.08 Å². The Morgan fingerprint density at radius 2 is 1.85 bits per heavy atom. The lowest BCUT2D eigenvalue weighted by molar-refractivity contribution is -0.166. The van der Waals surface area contributed by atoms with E-state index in [4.69, 9.17) is 10.2 Å². The number of carbonyl (C=O) groups is 2. The third kappa shape index (κ3) is 0.855. The highest BCUT2D eigenvalue weighted by Gasteiger charge is 2.59. The van der Waals surface area contributed by atoms with Gasteiger partial charge in [0.25, 0.3) is 0 Å². The molecule has 0 aliphatic heterocycles. The highest BCUT2D eigenvalue weighted by Crippen LogP contribution is 2.52. The number of allylic oxidation sites excluding steroid dienone is 2. The number of carboxylic acid groups (broad SMARTS) is 2. The summed E-state index contributed by atoms with van der Waals surface area (Å²) in [5.74, 6) is -2.56. The van der Waals surface area contributed by atoms with Crippen molar-refractivity contribution in [1.29, 1.82) is 0 Å². The van der Waals surface area contributed by atoms with Gasteiger partial charge < -0.3 is 10.2 Å². The molecule has 2 N–H and O–H groups in total. The van der Waals surface area contributed by atoms with Crippen LogP contribution in [-0.4, -0.2) is 22.2 Å². The zero-order valence-electron chi connectivity index (χ0n) is 6.93. The third-order valence-corrected chi connectivity index (χ3v) is 3.15. The summed E-state index contributed by atoms with van der Waals surface area (Å²) in [6, 6.07) is 0. The normalized spacial score (nSPS) is 33.5. The molecule has 2 bridgehead atoms. The Labute approximate surface area is 74.9 Å². The molecule has 0 aromatic rings. The maximum Gasteiger partial charge on any atom is 0.321 e. The summed E-state index contributed by atoms with van der Waals surface area (Å²) in [5, 5.41) is 17.9. The van der Waals surface area contributed by atoms with Crippen molar-refractivity contribution >= 4 is 11.9 Å². The van der Waals surface area contributed by atoms with Gasteiger partial charge in [0, 0.05) is 5.92 Å². The van der Waals surface area contributed by atoms with Crippen molar-refractivity contribution in [2.24, 2.45) is 17.3 Å². The first-order valence-electron chi connectivity index (χ1n) is 4.22. The molecule has 4 heteroatoms. The van der Waals surface area contributed by atoms with Crippen LogP contribution in [0.3, 0.4) is 0 Å². The molecule has 0 aromatic carbocycles. The Bertz CT molecular complexity index is 291.